The summed E-state index contributed by atoms with van der Waals surface area (Å²) in [5.74, 6) is 0. The monoisotopic (exact) mass is 350 g/mol. The van der Waals surface area contributed by atoms with Crippen LogP contribution in [0, 0.1) is 10.1 Å². The molecule has 0 aliphatic rings. The smallest absolute Gasteiger partial charge is 0.269 e. The van der Waals surface area contributed by atoms with Crippen molar-refractivity contribution in [3.63, 3.8) is 0 Å². The van der Waals surface area contributed by atoms with Gasteiger partial charge in [0.15, 0.2) is 0 Å². The minimum atomic E-state index is -3.75. The van der Waals surface area contributed by atoms with Crippen molar-refractivity contribution in [1.82, 2.24) is 4.72 Å². The Morgan fingerprint density at radius 2 is 1.71 bits per heavy atom. The maximum atomic E-state index is 12.3. The molecule has 0 amide bonds. The molecule has 0 saturated carbocycles. The molecule has 24 heavy (non-hydrogen) atoms. The molecule has 0 heterocycles. The lowest BCUT2D eigenvalue weighted by Crippen LogP contribution is -2.23. The third-order valence-electron chi connectivity index (χ3n) is 3.39. The summed E-state index contributed by atoms with van der Waals surface area (Å²) in [5, 5.41) is 10.6. The molecule has 7 nitrogen and oxygen atoms in total. The molecule has 0 aromatic heterocycles. The van der Waals surface area contributed by atoms with Gasteiger partial charge in [0, 0.05) is 25.3 Å². The van der Waals surface area contributed by atoms with Crippen LogP contribution in [0.15, 0.2) is 53.4 Å². The number of rotatable bonds is 8. The average Bonchev–Trinajstić information content (AvgIpc) is 2.59. The maximum Gasteiger partial charge on any atom is 0.269 e. The van der Waals surface area contributed by atoms with Gasteiger partial charge in [0.25, 0.3) is 5.69 Å². The number of hydrogen-bond acceptors (Lipinski definition) is 5. The summed E-state index contributed by atoms with van der Waals surface area (Å²) in [6.07, 6.45) is 0. The van der Waals surface area contributed by atoms with E-state index in [0.717, 1.165) is 23.3 Å². The van der Waals surface area contributed by atoms with Crippen molar-refractivity contribution in [3.8, 4) is 0 Å². The number of sulfonamides is 1. The topological polar surface area (TPSA) is 98.5 Å². The van der Waals surface area contributed by atoms with Gasteiger partial charge < -0.3 is 4.74 Å². The Hall–Kier alpha value is -2.29. The molecule has 0 fully saturated rings. The lowest BCUT2D eigenvalue weighted by Gasteiger charge is -2.11. The van der Waals surface area contributed by atoms with Gasteiger partial charge in [0.1, 0.15) is 0 Å². The van der Waals surface area contributed by atoms with Crippen molar-refractivity contribution in [2.24, 2.45) is 0 Å². The van der Waals surface area contributed by atoms with Gasteiger partial charge in [0.05, 0.1) is 16.4 Å². The summed E-state index contributed by atoms with van der Waals surface area (Å²) in [7, 11) is -3.75. The SMILES string of the molecule is CCOCc1ccccc1CNS(=O)(=O)c1ccc([N+](=O)[O-])cc1. The fourth-order valence-corrected chi connectivity index (χ4v) is 3.09. The Morgan fingerprint density at radius 1 is 1.08 bits per heavy atom. The van der Waals surface area contributed by atoms with Gasteiger partial charge in [-0.1, -0.05) is 24.3 Å². The van der Waals surface area contributed by atoms with Crippen LogP contribution in [0.4, 0.5) is 5.69 Å². The lowest BCUT2D eigenvalue weighted by atomic mass is 10.1. The molecular formula is C16H18N2O5S. The van der Waals surface area contributed by atoms with Gasteiger partial charge in [-0.3, -0.25) is 10.1 Å². The molecule has 0 saturated heterocycles. The first-order valence-electron chi connectivity index (χ1n) is 7.32. The van der Waals surface area contributed by atoms with Crippen LogP contribution in [-0.2, 0) is 27.9 Å². The van der Waals surface area contributed by atoms with Crippen LogP contribution >= 0.6 is 0 Å². The zero-order chi connectivity index (χ0) is 17.6. The van der Waals surface area contributed by atoms with E-state index in [1.54, 1.807) is 0 Å². The first kappa shape index (κ1) is 18.1. The summed E-state index contributed by atoms with van der Waals surface area (Å²) < 4.78 is 32.5. The standard InChI is InChI=1S/C16H18N2O5S/c1-2-23-12-14-6-4-3-5-13(14)11-17-24(21,22)16-9-7-15(8-10-16)18(19)20/h3-10,17H,2,11-12H2,1H3. The van der Waals surface area contributed by atoms with Crippen LogP contribution in [0.1, 0.15) is 18.1 Å². The Balaban J connectivity index is 2.11. The Labute approximate surface area is 140 Å². The number of nitro groups is 1. The van der Waals surface area contributed by atoms with Crippen molar-refractivity contribution in [3.05, 3.63) is 69.8 Å². The zero-order valence-corrected chi connectivity index (χ0v) is 14.0. The maximum absolute atomic E-state index is 12.3. The van der Waals surface area contributed by atoms with Crippen LogP contribution in [-0.4, -0.2) is 19.9 Å². The Morgan fingerprint density at radius 3 is 2.29 bits per heavy atom. The van der Waals surface area contributed by atoms with E-state index in [1.165, 1.54) is 12.1 Å². The molecule has 2 aromatic rings. The lowest BCUT2D eigenvalue weighted by molar-refractivity contribution is -0.384. The zero-order valence-electron chi connectivity index (χ0n) is 13.1. The van der Waals surface area contributed by atoms with Crippen molar-refractivity contribution in [2.75, 3.05) is 6.61 Å². The highest BCUT2D eigenvalue weighted by Crippen LogP contribution is 2.17. The van der Waals surface area contributed by atoms with Crippen molar-refractivity contribution >= 4 is 15.7 Å². The number of benzene rings is 2. The van der Waals surface area contributed by atoms with E-state index in [2.05, 4.69) is 4.72 Å². The second-order valence-electron chi connectivity index (χ2n) is 4.98. The van der Waals surface area contributed by atoms with E-state index in [-0.39, 0.29) is 17.1 Å². The summed E-state index contributed by atoms with van der Waals surface area (Å²) in [4.78, 5) is 10.0. The third-order valence-corrected chi connectivity index (χ3v) is 4.81. The molecular weight excluding hydrogens is 332 g/mol. The third kappa shape index (κ3) is 4.60. The molecule has 0 unspecified atom stereocenters. The summed E-state index contributed by atoms with van der Waals surface area (Å²) in [5.41, 5.74) is 1.57. The number of non-ortho nitro benzene ring substituents is 1. The van der Waals surface area contributed by atoms with E-state index in [9.17, 15) is 18.5 Å². The van der Waals surface area contributed by atoms with Gasteiger partial charge >= 0.3 is 0 Å². The minimum absolute atomic E-state index is 0.0182. The predicted molar refractivity (Wildman–Crippen MR) is 88.9 cm³/mol. The van der Waals surface area contributed by atoms with Gasteiger partial charge in [0.2, 0.25) is 10.0 Å². The molecule has 1 N–H and O–H groups in total. The Bertz CT molecular complexity index is 803. The number of hydrogen-bond donors (Lipinski definition) is 1. The molecule has 0 atom stereocenters. The second kappa shape index (κ2) is 8.00. The van der Waals surface area contributed by atoms with Gasteiger partial charge in [-0.2, -0.15) is 0 Å². The van der Waals surface area contributed by atoms with E-state index in [4.69, 9.17) is 4.74 Å². The molecule has 0 bridgehead atoms. The molecule has 0 aliphatic carbocycles. The van der Waals surface area contributed by atoms with E-state index in [0.29, 0.717) is 13.2 Å². The molecule has 0 spiro atoms. The van der Waals surface area contributed by atoms with Crippen LogP contribution in [0.2, 0.25) is 0 Å². The Kier molecular flexibility index (Phi) is 6.02. The first-order chi connectivity index (χ1) is 11.4. The minimum Gasteiger partial charge on any atom is -0.377 e. The van der Waals surface area contributed by atoms with Gasteiger partial charge in [-0.15, -0.1) is 0 Å². The summed E-state index contributed by atoms with van der Waals surface area (Å²) in [6, 6.07) is 12.2. The number of nitrogens with zero attached hydrogens (tertiary/aromatic N) is 1. The molecule has 0 aliphatic heterocycles. The summed E-state index contributed by atoms with van der Waals surface area (Å²) >= 11 is 0. The largest absolute Gasteiger partial charge is 0.377 e. The number of nitrogens with one attached hydrogen (secondary N) is 1. The fraction of sp³-hybridized carbons (Fsp3) is 0.250. The van der Waals surface area contributed by atoms with Gasteiger partial charge in [-0.05, 0) is 30.2 Å². The van der Waals surface area contributed by atoms with E-state index < -0.39 is 14.9 Å². The summed E-state index contributed by atoms with van der Waals surface area (Å²) in [6.45, 7) is 2.98. The number of nitro benzene ring substituents is 1. The van der Waals surface area contributed by atoms with Gasteiger partial charge in [-0.25, -0.2) is 13.1 Å². The van der Waals surface area contributed by atoms with Crippen LogP contribution in [0.25, 0.3) is 0 Å². The van der Waals surface area contributed by atoms with E-state index in [1.807, 2.05) is 31.2 Å². The highest BCUT2D eigenvalue weighted by atomic mass is 32.2. The second-order valence-corrected chi connectivity index (χ2v) is 6.75. The van der Waals surface area contributed by atoms with Crippen LogP contribution in [0.3, 0.4) is 0 Å². The normalized spacial score (nSPS) is 11.4. The predicted octanol–water partition coefficient (Wildman–Crippen LogP) is 2.61. The number of ether oxygens (including phenoxy) is 1. The van der Waals surface area contributed by atoms with Crippen molar-refractivity contribution < 1.29 is 18.1 Å². The molecule has 128 valence electrons. The first-order valence-corrected chi connectivity index (χ1v) is 8.81. The van der Waals surface area contributed by atoms with Crippen molar-refractivity contribution in [1.29, 1.82) is 0 Å². The fourth-order valence-electron chi connectivity index (χ4n) is 2.09. The molecule has 2 aromatic carbocycles. The molecule has 8 heteroatoms. The van der Waals surface area contributed by atoms with Crippen molar-refractivity contribution in [2.45, 2.75) is 25.0 Å². The quantitative estimate of drug-likeness (QED) is 0.583. The van der Waals surface area contributed by atoms with Crippen LogP contribution < -0.4 is 4.72 Å². The van der Waals surface area contributed by atoms with Crippen LogP contribution in [0.5, 0.6) is 0 Å². The molecule has 2 rings (SSSR count). The highest BCUT2D eigenvalue weighted by Gasteiger charge is 2.16. The van der Waals surface area contributed by atoms with E-state index >= 15 is 0 Å². The highest BCUT2D eigenvalue weighted by molar-refractivity contribution is 7.89. The molecule has 0 radical (unpaired) electrons. The average molecular weight is 350 g/mol.